The van der Waals surface area contributed by atoms with Crippen molar-refractivity contribution in [2.24, 2.45) is 0 Å². The third-order valence-electron chi connectivity index (χ3n) is 5.13. The standard InChI is InChI=1S/C23H25N5O5S/c1-15-20(34-23(25-15)28-9-11-32-12-10-28)22(30)27-26-21(29)17-3-4-18(31-2)19(13-17)33-14-16-5-7-24-8-6-16/h3-8,13H,9-12,14H2,1-2H3,(H,26,29)(H,27,30). The number of aryl methyl sites for hydroxylation is 1. The fourth-order valence-electron chi connectivity index (χ4n) is 3.30. The number of aromatic nitrogens is 2. The zero-order valence-corrected chi connectivity index (χ0v) is 19.7. The number of anilines is 1. The van der Waals surface area contributed by atoms with Gasteiger partial charge in [0.1, 0.15) is 11.5 Å². The van der Waals surface area contributed by atoms with E-state index in [4.69, 9.17) is 14.2 Å². The van der Waals surface area contributed by atoms with Gasteiger partial charge in [-0.1, -0.05) is 11.3 Å². The first kappa shape index (κ1) is 23.5. The lowest BCUT2D eigenvalue weighted by Gasteiger charge is -2.25. The van der Waals surface area contributed by atoms with Gasteiger partial charge in [-0.3, -0.25) is 25.4 Å². The van der Waals surface area contributed by atoms with Crippen LogP contribution in [0.2, 0.25) is 0 Å². The van der Waals surface area contributed by atoms with Crippen LogP contribution >= 0.6 is 11.3 Å². The monoisotopic (exact) mass is 483 g/mol. The van der Waals surface area contributed by atoms with Crippen LogP contribution in [0.3, 0.4) is 0 Å². The third kappa shape index (κ3) is 5.61. The van der Waals surface area contributed by atoms with Gasteiger partial charge in [-0.15, -0.1) is 0 Å². The summed E-state index contributed by atoms with van der Waals surface area (Å²) in [7, 11) is 1.52. The number of hydrazine groups is 1. The number of amides is 2. The molecule has 2 N–H and O–H groups in total. The average Bonchev–Trinajstić information content (AvgIpc) is 3.28. The predicted octanol–water partition coefficient (Wildman–Crippen LogP) is 2.35. The predicted molar refractivity (Wildman–Crippen MR) is 126 cm³/mol. The fraction of sp³-hybridized carbons (Fsp3) is 0.304. The van der Waals surface area contributed by atoms with Crippen molar-refractivity contribution < 1.29 is 23.8 Å². The number of pyridine rings is 1. The zero-order valence-electron chi connectivity index (χ0n) is 18.9. The summed E-state index contributed by atoms with van der Waals surface area (Å²) in [5.74, 6) is -0.0109. The second kappa shape index (κ2) is 10.9. The number of nitrogens with one attached hydrogen (secondary N) is 2. The SMILES string of the molecule is COc1ccc(C(=O)NNC(=O)c2sc(N3CCOCC3)nc2C)cc1OCc1ccncc1. The normalized spacial score (nSPS) is 13.3. The number of ether oxygens (including phenoxy) is 3. The van der Waals surface area contributed by atoms with Gasteiger partial charge in [-0.05, 0) is 42.8 Å². The van der Waals surface area contributed by atoms with Crippen molar-refractivity contribution in [3.8, 4) is 11.5 Å². The summed E-state index contributed by atoms with van der Waals surface area (Å²) in [6, 6.07) is 8.47. The van der Waals surface area contributed by atoms with Crippen molar-refractivity contribution in [1.29, 1.82) is 0 Å². The van der Waals surface area contributed by atoms with Gasteiger partial charge < -0.3 is 19.1 Å². The first-order valence-corrected chi connectivity index (χ1v) is 11.5. The van der Waals surface area contributed by atoms with E-state index in [1.165, 1.54) is 18.4 Å². The zero-order chi connectivity index (χ0) is 23.9. The topological polar surface area (TPSA) is 115 Å². The van der Waals surface area contributed by atoms with Crippen LogP contribution in [0.15, 0.2) is 42.7 Å². The Hall–Kier alpha value is -3.70. The lowest BCUT2D eigenvalue weighted by Crippen LogP contribution is -2.41. The molecule has 0 unspecified atom stereocenters. The Bertz CT molecular complexity index is 1150. The molecule has 3 aromatic rings. The third-order valence-corrected chi connectivity index (χ3v) is 6.35. The number of benzene rings is 1. The van der Waals surface area contributed by atoms with Gasteiger partial charge in [-0.25, -0.2) is 4.98 Å². The van der Waals surface area contributed by atoms with Crippen LogP contribution < -0.4 is 25.2 Å². The minimum atomic E-state index is -0.486. The number of rotatable bonds is 7. The first-order chi connectivity index (χ1) is 16.5. The number of hydrogen-bond donors (Lipinski definition) is 2. The molecule has 10 nitrogen and oxygen atoms in total. The van der Waals surface area contributed by atoms with Crippen molar-refractivity contribution >= 4 is 28.3 Å². The molecular formula is C23H25N5O5S. The smallest absolute Gasteiger partial charge is 0.281 e. The maximum absolute atomic E-state index is 12.7. The van der Waals surface area contributed by atoms with Gasteiger partial charge in [0.15, 0.2) is 16.6 Å². The molecule has 178 valence electrons. The lowest BCUT2D eigenvalue weighted by atomic mass is 10.2. The van der Waals surface area contributed by atoms with Crippen molar-refractivity contribution in [3.05, 3.63) is 64.4 Å². The highest BCUT2D eigenvalue weighted by Gasteiger charge is 2.21. The number of thiazole rings is 1. The Kier molecular flexibility index (Phi) is 7.55. The highest BCUT2D eigenvalue weighted by Crippen LogP contribution is 2.29. The maximum Gasteiger partial charge on any atom is 0.281 e. The molecular weight excluding hydrogens is 458 g/mol. The quantitative estimate of drug-likeness (QED) is 0.492. The van der Waals surface area contributed by atoms with Gasteiger partial charge >= 0.3 is 0 Å². The maximum atomic E-state index is 12.7. The number of carbonyl (C=O) groups excluding carboxylic acids is 2. The van der Waals surface area contributed by atoms with E-state index in [-0.39, 0.29) is 6.61 Å². The summed E-state index contributed by atoms with van der Waals surface area (Å²) in [4.78, 5) is 36.4. The Morgan fingerprint density at radius 1 is 1.09 bits per heavy atom. The summed E-state index contributed by atoms with van der Waals surface area (Å²) >= 11 is 1.29. The Balaban J connectivity index is 1.38. The van der Waals surface area contributed by atoms with Crippen molar-refractivity contribution in [1.82, 2.24) is 20.8 Å². The average molecular weight is 484 g/mol. The molecule has 1 aliphatic rings. The van der Waals surface area contributed by atoms with Crippen LogP contribution in [0, 0.1) is 6.92 Å². The van der Waals surface area contributed by atoms with E-state index in [1.807, 2.05) is 12.1 Å². The molecule has 1 aliphatic heterocycles. The van der Waals surface area contributed by atoms with Gasteiger partial charge in [-0.2, -0.15) is 0 Å². The lowest BCUT2D eigenvalue weighted by molar-refractivity contribution is 0.0848. The molecule has 1 saturated heterocycles. The molecule has 0 saturated carbocycles. The second-order valence-corrected chi connectivity index (χ2v) is 8.41. The molecule has 11 heteroatoms. The molecule has 0 aliphatic carbocycles. The van der Waals surface area contributed by atoms with Gasteiger partial charge in [0.2, 0.25) is 0 Å². The number of carbonyl (C=O) groups is 2. The van der Waals surface area contributed by atoms with Gasteiger partial charge in [0.05, 0.1) is 26.0 Å². The first-order valence-electron chi connectivity index (χ1n) is 10.7. The largest absolute Gasteiger partial charge is 0.493 e. The molecule has 1 fully saturated rings. The van der Waals surface area contributed by atoms with E-state index in [2.05, 4.69) is 25.7 Å². The molecule has 0 atom stereocenters. The molecule has 2 amide bonds. The van der Waals surface area contributed by atoms with Crippen LogP contribution in [0.1, 0.15) is 31.3 Å². The highest BCUT2D eigenvalue weighted by atomic mass is 32.1. The molecule has 2 aromatic heterocycles. The second-order valence-electron chi connectivity index (χ2n) is 7.43. The number of nitrogens with zero attached hydrogens (tertiary/aromatic N) is 3. The van der Waals surface area contributed by atoms with Crippen molar-refractivity contribution in [3.63, 3.8) is 0 Å². The van der Waals surface area contributed by atoms with Crippen LogP contribution in [-0.4, -0.2) is 55.2 Å². The van der Waals surface area contributed by atoms with Gasteiger partial charge in [0.25, 0.3) is 11.8 Å². The molecule has 3 heterocycles. The highest BCUT2D eigenvalue weighted by molar-refractivity contribution is 7.17. The van der Waals surface area contributed by atoms with Crippen LogP contribution in [0.5, 0.6) is 11.5 Å². The van der Waals surface area contributed by atoms with E-state index in [9.17, 15) is 9.59 Å². The Morgan fingerprint density at radius 3 is 2.56 bits per heavy atom. The Morgan fingerprint density at radius 2 is 1.82 bits per heavy atom. The van der Waals surface area contributed by atoms with Crippen LogP contribution in [0.25, 0.3) is 0 Å². The van der Waals surface area contributed by atoms with Crippen molar-refractivity contribution in [2.75, 3.05) is 38.3 Å². The molecule has 0 bridgehead atoms. The van der Waals surface area contributed by atoms with E-state index in [1.54, 1.807) is 37.5 Å². The van der Waals surface area contributed by atoms with Crippen molar-refractivity contribution in [2.45, 2.75) is 13.5 Å². The van der Waals surface area contributed by atoms with Crippen LogP contribution in [-0.2, 0) is 11.3 Å². The van der Waals surface area contributed by atoms with E-state index < -0.39 is 11.8 Å². The summed E-state index contributed by atoms with van der Waals surface area (Å²) in [5.41, 5.74) is 6.76. The van der Waals surface area contributed by atoms with E-state index in [0.29, 0.717) is 40.8 Å². The summed E-state index contributed by atoms with van der Waals surface area (Å²) < 4.78 is 16.5. The molecule has 34 heavy (non-hydrogen) atoms. The molecule has 0 radical (unpaired) electrons. The number of morpholine rings is 1. The molecule has 0 spiro atoms. The van der Waals surface area contributed by atoms with E-state index in [0.717, 1.165) is 23.8 Å². The number of hydrogen-bond acceptors (Lipinski definition) is 9. The van der Waals surface area contributed by atoms with Crippen LogP contribution in [0.4, 0.5) is 5.13 Å². The minimum absolute atomic E-state index is 0.289. The summed E-state index contributed by atoms with van der Waals surface area (Å²) in [6.07, 6.45) is 3.36. The summed E-state index contributed by atoms with van der Waals surface area (Å²) in [6.45, 7) is 4.78. The molecule has 1 aromatic carbocycles. The Labute approximate surface area is 200 Å². The van der Waals surface area contributed by atoms with E-state index >= 15 is 0 Å². The summed E-state index contributed by atoms with van der Waals surface area (Å²) in [5, 5.41) is 0.767. The number of methoxy groups -OCH3 is 1. The minimum Gasteiger partial charge on any atom is -0.493 e. The van der Waals surface area contributed by atoms with Gasteiger partial charge in [0, 0.05) is 31.0 Å². The fourth-order valence-corrected chi connectivity index (χ4v) is 4.31. The molecule has 4 rings (SSSR count).